The number of halogens is 1. The van der Waals surface area contributed by atoms with Crippen molar-refractivity contribution in [3.63, 3.8) is 0 Å². The number of rotatable bonds is 5. The van der Waals surface area contributed by atoms with Crippen molar-refractivity contribution in [2.45, 2.75) is 32.7 Å². The minimum absolute atomic E-state index is 0.00901. The molecular formula is C13H18FNO2. The SMILES string of the molecule is CCC(CCO)NC(=O)c1cccc(C)c1F. The first-order valence-corrected chi connectivity index (χ1v) is 5.77. The van der Waals surface area contributed by atoms with E-state index in [1.165, 1.54) is 6.07 Å². The predicted octanol–water partition coefficient (Wildman–Crippen LogP) is 2.02. The van der Waals surface area contributed by atoms with Crippen molar-refractivity contribution >= 4 is 5.91 Å². The summed E-state index contributed by atoms with van der Waals surface area (Å²) >= 11 is 0. The average Bonchev–Trinajstić information content (AvgIpc) is 2.31. The van der Waals surface area contributed by atoms with Crippen molar-refractivity contribution < 1.29 is 14.3 Å². The number of aryl methyl sites for hydroxylation is 1. The lowest BCUT2D eigenvalue weighted by Gasteiger charge is -2.16. The van der Waals surface area contributed by atoms with Crippen molar-refractivity contribution in [3.8, 4) is 0 Å². The Bertz CT molecular complexity index is 393. The molecule has 0 spiro atoms. The van der Waals surface area contributed by atoms with Crippen LogP contribution in [0.15, 0.2) is 18.2 Å². The third-order valence-corrected chi connectivity index (χ3v) is 2.74. The van der Waals surface area contributed by atoms with Gasteiger partial charge in [0.05, 0.1) is 5.56 Å². The van der Waals surface area contributed by atoms with Gasteiger partial charge in [-0.1, -0.05) is 19.1 Å². The summed E-state index contributed by atoms with van der Waals surface area (Å²) in [5.74, 6) is -0.907. The number of benzene rings is 1. The van der Waals surface area contributed by atoms with Gasteiger partial charge in [0.25, 0.3) is 5.91 Å². The fraction of sp³-hybridized carbons (Fsp3) is 0.462. The Morgan fingerprint density at radius 2 is 2.24 bits per heavy atom. The molecule has 1 aromatic carbocycles. The van der Waals surface area contributed by atoms with Gasteiger partial charge in [-0.3, -0.25) is 4.79 Å². The van der Waals surface area contributed by atoms with Crippen LogP contribution < -0.4 is 5.32 Å². The van der Waals surface area contributed by atoms with E-state index in [2.05, 4.69) is 5.32 Å². The quantitative estimate of drug-likeness (QED) is 0.826. The maximum Gasteiger partial charge on any atom is 0.254 e. The summed E-state index contributed by atoms with van der Waals surface area (Å²) in [5.41, 5.74) is 0.509. The Labute approximate surface area is 101 Å². The molecular weight excluding hydrogens is 221 g/mol. The Morgan fingerprint density at radius 3 is 2.82 bits per heavy atom. The number of aliphatic hydroxyl groups is 1. The van der Waals surface area contributed by atoms with E-state index in [9.17, 15) is 9.18 Å². The Hall–Kier alpha value is -1.42. The molecule has 0 heterocycles. The molecule has 0 aliphatic carbocycles. The molecule has 1 rings (SSSR count). The van der Waals surface area contributed by atoms with Gasteiger partial charge in [-0.05, 0) is 31.4 Å². The van der Waals surface area contributed by atoms with Crippen LogP contribution in [0.5, 0.6) is 0 Å². The third kappa shape index (κ3) is 3.53. The molecule has 2 N–H and O–H groups in total. The second-order valence-electron chi connectivity index (χ2n) is 4.03. The minimum Gasteiger partial charge on any atom is -0.396 e. The second-order valence-corrected chi connectivity index (χ2v) is 4.03. The van der Waals surface area contributed by atoms with Crippen molar-refractivity contribution in [1.29, 1.82) is 0 Å². The van der Waals surface area contributed by atoms with Crippen LogP contribution in [0.3, 0.4) is 0 Å². The Morgan fingerprint density at radius 1 is 1.53 bits per heavy atom. The Kier molecular flexibility index (Phi) is 5.10. The van der Waals surface area contributed by atoms with Gasteiger partial charge in [0.1, 0.15) is 5.82 Å². The molecule has 0 saturated carbocycles. The van der Waals surface area contributed by atoms with Crippen molar-refractivity contribution in [2.75, 3.05) is 6.61 Å². The molecule has 0 bridgehead atoms. The van der Waals surface area contributed by atoms with E-state index in [4.69, 9.17) is 5.11 Å². The van der Waals surface area contributed by atoms with Gasteiger partial charge in [0, 0.05) is 12.6 Å². The lowest BCUT2D eigenvalue weighted by atomic mass is 10.1. The van der Waals surface area contributed by atoms with E-state index in [0.717, 1.165) is 0 Å². The zero-order chi connectivity index (χ0) is 12.8. The van der Waals surface area contributed by atoms with E-state index >= 15 is 0 Å². The van der Waals surface area contributed by atoms with Crippen LogP contribution in [-0.2, 0) is 0 Å². The summed E-state index contributed by atoms with van der Waals surface area (Å²) < 4.78 is 13.7. The van der Waals surface area contributed by atoms with E-state index < -0.39 is 11.7 Å². The Balaban J connectivity index is 2.79. The molecule has 1 amide bonds. The van der Waals surface area contributed by atoms with E-state index in [1.54, 1.807) is 19.1 Å². The molecule has 0 saturated heterocycles. The highest BCUT2D eigenvalue weighted by Gasteiger charge is 2.16. The topological polar surface area (TPSA) is 49.3 Å². The zero-order valence-corrected chi connectivity index (χ0v) is 10.2. The zero-order valence-electron chi connectivity index (χ0n) is 10.2. The molecule has 0 fully saturated rings. The van der Waals surface area contributed by atoms with Gasteiger partial charge < -0.3 is 10.4 Å². The fourth-order valence-electron chi connectivity index (χ4n) is 1.62. The molecule has 0 aliphatic rings. The normalized spacial score (nSPS) is 12.2. The summed E-state index contributed by atoms with van der Waals surface area (Å²) in [5, 5.41) is 11.5. The monoisotopic (exact) mass is 239 g/mol. The molecule has 0 aromatic heterocycles. The van der Waals surface area contributed by atoms with Crippen LogP contribution in [0.2, 0.25) is 0 Å². The highest BCUT2D eigenvalue weighted by Crippen LogP contribution is 2.12. The lowest BCUT2D eigenvalue weighted by Crippen LogP contribution is -2.35. The van der Waals surface area contributed by atoms with E-state index in [-0.39, 0.29) is 18.2 Å². The number of carbonyl (C=O) groups excluding carboxylic acids is 1. The first-order chi connectivity index (χ1) is 8.10. The number of carbonyl (C=O) groups is 1. The highest BCUT2D eigenvalue weighted by molar-refractivity contribution is 5.94. The average molecular weight is 239 g/mol. The molecule has 1 atom stereocenters. The summed E-state index contributed by atoms with van der Waals surface area (Å²) in [6, 6.07) is 4.62. The molecule has 1 aromatic rings. The standard InChI is InChI=1S/C13H18FNO2/c1-3-10(7-8-16)15-13(17)11-6-4-5-9(2)12(11)14/h4-6,10,16H,3,7-8H2,1-2H3,(H,15,17). The van der Waals surface area contributed by atoms with Gasteiger partial charge in [-0.2, -0.15) is 0 Å². The van der Waals surface area contributed by atoms with Crippen molar-refractivity contribution in [1.82, 2.24) is 5.32 Å². The smallest absolute Gasteiger partial charge is 0.254 e. The second kappa shape index (κ2) is 6.35. The molecule has 17 heavy (non-hydrogen) atoms. The van der Waals surface area contributed by atoms with E-state index in [0.29, 0.717) is 18.4 Å². The van der Waals surface area contributed by atoms with Crippen LogP contribution in [0.1, 0.15) is 35.7 Å². The maximum absolute atomic E-state index is 13.7. The minimum atomic E-state index is -0.483. The first kappa shape index (κ1) is 13.6. The van der Waals surface area contributed by atoms with E-state index in [1.807, 2.05) is 6.92 Å². The summed E-state index contributed by atoms with van der Waals surface area (Å²) in [6.07, 6.45) is 1.19. The molecule has 94 valence electrons. The van der Waals surface area contributed by atoms with Crippen molar-refractivity contribution in [2.24, 2.45) is 0 Å². The number of hydrogen-bond donors (Lipinski definition) is 2. The van der Waals surface area contributed by atoms with Gasteiger partial charge in [-0.25, -0.2) is 4.39 Å². The molecule has 0 radical (unpaired) electrons. The largest absolute Gasteiger partial charge is 0.396 e. The number of aliphatic hydroxyl groups excluding tert-OH is 1. The maximum atomic E-state index is 13.7. The third-order valence-electron chi connectivity index (χ3n) is 2.74. The van der Waals surface area contributed by atoms with Crippen LogP contribution in [0.25, 0.3) is 0 Å². The first-order valence-electron chi connectivity index (χ1n) is 5.77. The highest BCUT2D eigenvalue weighted by atomic mass is 19.1. The van der Waals surface area contributed by atoms with Gasteiger partial charge in [-0.15, -0.1) is 0 Å². The van der Waals surface area contributed by atoms with Crippen LogP contribution in [-0.4, -0.2) is 23.7 Å². The fourth-order valence-corrected chi connectivity index (χ4v) is 1.62. The summed E-state index contributed by atoms with van der Waals surface area (Å²) in [4.78, 5) is 11.8. The van der Waals surface area contributed by atoms with Gasteiger partial charge >= 0.3 is 0 Å². The molecule has 1 unspecified atom stereocenters. The summed E-state index contributed by atoms with van der Waals surface area (Å²) in [7, 11) is 0. The predicted molar refractivity (Wildman–Crippen MR) is 64.4 cm³/mol. The lowest BCUT2D eigenvalue weighted by molar-refractivity contribution is 0.0925. The molecule has 4 heteroatoms. The summed E-state index contributed by atoms with van der Waals surface area (Å²) in [6.45, 7) is 3.54. The van der Waals surface area contributed by atoms with Crippen molar-refractivity contribution in [3.05, 3.63) is 35.1 Å². The van der Waals surface area contributed by atoms with Crippen LogP contribution in [0, 0.1) is 12.7 Å². The van der Waals surface area contributed by atoms with Crippen LogP contribution in [0.4, 0.5) is 4.39 Å². The van der Waals surface area contributed by atoms with Gasteiger partial charge in [0.2, 0.25) is 0 Å². The van der Waals surface area contributed by atoms with Gasteiger partial charge in [0.15, 0.2) is 0 Å². The number of amides is 1. The number of nitrogens with one attached hydrogen (secondary N) is 1. The number of hydrogen-bond acceptors (Lipinski definition) is 2. The van der Waals surface area contributed by atoms with Crippen LogP contribution >= 0.6 is 0 Å². The molecule has 3 nitrogen and oxygen atoms in total. The molecule has 0 aliphatic heterocycles.